The summed E-state index contributed by atoms with van der Waals surface area (Å²) in [7, 11) is 0. The van der Waals surface area contributed by atoms with Gasteiger partial charge in [0.1, 0.15) is 0 Å². The lowest BCUT2D eigenvalue weighted by Gasteiger charge is -2.05. The van der Waals surface area contributed by atoms with Crippen molar-refractivity contribution in [1.82, 2.24) is 0 Å². The van der Waals surface area contributed by atoms with Crippen molar-refractivity contribution in [2.45, 2.75) is 20.3 Å². The Morgan fingerprint density at radius 1 is 1.46 bits per heavy atom. The molecule has 3 rings (SSSR count). The Labute approximate surface area is 77.6 Å². The zero-order chi connectivity index (χ0) is 9.33. The minimum Gasteiger partial charge on any atom is -0.481 e. The molecule has 5 atom stereocenters. The first-order valence-electron chi connectivity index (χ1n) is 5.03. The molecule has 70 valence electrons. The molecule has 0 radical (unpaired) electrons. The molecule has 2 heteroatoms. The van der Waals surface area contributed by atoms with E-state index in [1.54, 1.807) is 0 Å². The predicted molar refractivity (Wildman–Crippen MR) is 48.1 cm³/mol. The topological polar surface area (TPSA) is 37.3 Å². The highest BCUT2D eigenvalue weighted by molar-refractivity contribution is 5.77. The molecule has 0 bridgehead atoms. The molecule has 0 amide bonds. The van der Waals surface area contributed by atoms with Crippen LogP contribution < -0.4 is 0 Å². The van der Waals surface area contributed by atoms with Gasteiger partial charge in [0.15, 0.2) is 0 Å². The second kappa shape index (κ2) is 1.99. The molecule has 3 fully saturated rings. The van der Waals surface area contributed by atoms with Crippen molar-refractivity contribution in [3.05, 3.63) is 11.1 Å². The molecule has 2 nitrogen and oxygen atoms in total. The van der Waals surface area contributed by atoms with Crippen LogP contribution in [0.5, 0.6) is 0 Å². The first kappa shape index (κ1) is 7.60. The summed E-state index contributed by atoms with van der Waals surface area (Å²) in [5.41, 5.74) is 2.88. The van der Waals surface area contributed by atoms with Crippen LogP contribution in [-0.4, -0.2) is 11.1 Å². The first-order chi connectivity index (χ1) is 6.13. The lowest BCUT2D eigenvalue weighted by atomic mass is 10.0. The molecule has 3 aliphatic rings. The molecular formula is C11H14O2. The van der Waals surface area contributed by atoms with E-state index in [4.69, 9.17) is 5.11 Å². The molecule has 1 N–H and O–H groups in total. The van der Waals surface area contributed by atoms with E-state index < -0.39 is 5.97 Å². The third kappa shape index (κ3) is 0.767. The highest BCUT2D eigenvalue weighted by atomic mass is 16.4. The summed E-state index contributed by atoms with van der Waals surface area (Å²) in [5, 5.41) is 8.97. The van der Waals surface area contributed by atoms with Crippen LogP contribution in [0.2, 0.25) is 0 Å². The van der Waals surface area contributed by atoms with E-state index in [1.165, 1.54) is 17.6 Å². The number of hydrogen-bond donors (Lipinski definition) is 1. The standard InChI is InChI=1S/C11H14O2/c1-4(2)7-5-3-6(5)8-9(7)10(8)11(12)13/h5-6,8-10H,3H2,1-2H3,(H,12,13)/t5-,6-,8-,9-,10+/m0/s1. The smallest absolute Gasteiger partial charge is 0.307 e. The van der Waals surface area contributed by atoms with Gasteiger partial charge in [-0.25, -0.2) is 0 Å². The highest BCUT2D eigenvalue weighted by Gasteiger charge is 2.73. The van der Waals surface area contributed by atoms with E-state index in [9.17, 15) is 4.79 Å². The normalized spacial score (nSPS) is 49.7. The zero-order valence-corrected chi connectivity index (χ0v) is 7.95. The molecule has 0 spiro atoms. The summed E-state index contributed by atoms with van der Waals surface area (Å²) in [6.45, 7) is 4.26. The molecule has 0 aromatic carbocycles. The van der Waals surface area contributed by atoms with Crippen LogP contribution in [0.4, 0.5) is 0 Å². The maximum atomic E-state index is 10.9. The summed E-state index contributed by atoms with van der Waals surface area (Å²) in [4.78, 5) is 10.9. The molecule has 0 saturated heterocycles. The summed E-state index contributed by atoms with van der Waals surface area (Å²) < 4.78 is 0. The fourth-order valence-electron chi connectivity index (χ4n) is 3.54. The molecule has 0 heterocycles. The van der Waals surface area contributed by atoms with E-state index in [0.717, 1.165) is 11.8 Å². The van der Waals surface area contributed by atoms with Crippen molar-refractivity contribution in [2.24, 2.45) is 29.6 Å². The van der Waals surface area contributed by atoms with Crippen molar-refractivity contribution >= 4 is 5.97 Å². The van der Waals surface area contributed by atoms with Crippen LogP contribution in [0.25, 0.3) is 0 Å². The molecule has 0 aliphatic heterocycles. The minimum absolute atomic E-state index is 0.0198. The molecule has 0 unspecified atom stereocenters. The number of carbonyl (C=O) groups is 1. The van der Waals surface area contributed by atoms with Gasteiger partial charge in [-0.2, -0.15) is 0 Å². The number of rotatable bonds is 1. The van der Waals surface area contributed by atoms with Gasteiger partial charge < -0.3 is 5.11 Å². The van der Waals surface area contributed by atoms with Gasteiger partial charge in [0.25, 0.3) is 0 Å². The first-order valence-corrected chi connectivity index (χ1v) is 5.03. The number of carboxylic acids is 1. The van der Waals surface area contributed by atoms with Gasteiger partial charge in [0, 0.05) is 0 Å². The van der Waals surface area contributed by atoms with Crippen molar-refractivity contribution in [2.75, 3.05) is 0 Å². The second-order valence-corrected chi connectivity index (χ2v) is 4.93. The third-order valence-corrected chi connectivity index (χ3v) is 4.03. The second-order valence-electron chi connectivity index (χ2n) is 4.93. The van der Waals surface area contributed by atoms with Crippen molar-refractivity contribution < 1.29 is 9.90 Å². The maximum absolute atomic E-state index is 10.9. The van der Waals surface area contributed by atoms with Crippen LogP contribution in [0.1, 0.15) is 20.3 Å². The number of allylic oxidation sites excluding steroid dienone is 2. The Kier molecular flexibility index (Phi) is 1.17. The number of carboxylic acid groups (broad SMARTS) is 1. The number of hydrogen-bond acceptors (Lipinski definition) is 1. The fourth-order valence-corrected chi connectivity index (χ4v) is 3.54. The Bertz CT molecular complexity index is 325. The molecule has 0 aromatic rings. The van der Waals surface area contributed by atoms with Gasteiger partial charge >= 0.3 is 5.97 Å². The Morgan fingerprint density at radius 2 is 2.15 bits per heavy atom. The number of fused-ring (bicyclic) bond motifs is 3. The van der Waals surface area contributed by atoms with Gasteiger partial charge in [0.2, 0.25) is 0 Å². The quantitative estimate of drug-likeness (QED) is 0.623. The van der Waals surface area contributed by atoms with Crippen LogP contribution in [0, 0.1) is 29.6 Å². The van der Waals surface area contributed by atoms with Crippen molar-refractivity contribution in [3.63, 3.8) is 0 Å². The SMILES string of the molecule is CC(C)=C1[C@@H]2[C@H](C(=O)O)[C@H]2[C@H]2C[C@H]12. The monoisotopic (exact) mass is 178 g/mol. The molecule has 0 aromatic heterocycles. The van der Waals surface area contributed by atoms with Crippen molar-refractivity contribution in [3.8, 4) is 0 Å². The lowest BCUT2D eigenvalue weighted by Crippen LogP contribution is -2.05. The summed E-state index contributed by atoms with van der Waals surface area (Å²) >= 11 is 0. The molecule has 13 heavy (non-hydrogen) atoms. The van der Waals surface area contributed by atoms with Crippen LogP contribution >= 0.6 is 0 Å². The zero-order valence-electron chi connectivity index (χ0n) is 7.95. The van der Waals surface area contributed by atoms with Gasteiger partial charge in [-0.1, -0.05) is 11.1 Å². The molecule has 3 aliphatic carbocycles. The summed E-state index contributed by atoms with van der Waals surface area (Å²) in [5.74, 6) is 1.90. The average Bonchev–Trinajstić information content (AvgIpc) is 2.85. The maximum Gasteiger partial charge on any atom is 0.307 e. The highest BCUT2D eigenvalue weighted by Crippen LogP contribution is 2.75. The molecule has 3 saturated carbocycles. The summed E-state index contributed by atoms with van der Waals surface area (Å²) in [6, 6.07) is 0. The van der Waals surface area contributed by atoms with Crippen LogP contribution in [-0.2, 0) is 4.79 Å². The van der Waals surface area contributed by atoms with E-state index in [-0.39, 0.29) is 5.92 Å². The number of aliphatic carboxylic acids is 1. The van der Waals surface area contributed by atoms with E-state index in [0.29, 0.717) is 11.8 Å². The van der Waals surface area contributed by atoms with E-state index in [2.05, 4.69) is 13.8 Å². The van der Waals surface area contributed by atoms with E-state index >= 15 is 0 Å². The van der Waals surface area contributed by atoms with Gasteiger partial charge in [-0.05, 0) is 43.9 Å². The van der Waals surface area contributed by atoms with Crippen molar-refractivity contribution in [1.29, 1.82) is 0 Å². The van der Waals surface area contributed by atoms with Crippen LogP contribution in [0.15, 0.2) is 11.1 Å². The van der Waals surface area contributed by atoms with Crippen LogP contribution in [0.3, 0.4) is 0 Å². The van der Waals surface area contributed by atoms with Gasteiger partial charge in [-0.15, -0.1) is 0 Å². The third-order valence-electron chi connectivity index (χ3n) is 4.03. The lowest BCUT2D eigenvalue weighted by molar-refractivity contribution is -0.139. The summed E-state index contributed by atoms with van der Waals surface area (Å²) in [6.07, 6.45) is 1.27. The van der Waals surface area contributed by atoms with Gasteiger partial charge in [0.05, 0.1) is 5.92 Å². The Balaban J connectivity index is 1.95. The molecular weight excluding hydrogens is 164 g/mol. The largest absolute Gasteiger partial charge is 0.481 e. The average molecular weight is 178 g/mol. The predicted octanol–water partition coefficient (Wildman–Crippen LogP) is 1.92. The Morgan fingerprint density at radius 3 is 2.69 bits per heavy atom. The van der Waals surface area contributed by atoms with Gasteiger partial charge in [-0.3, -0.25) is 4.79 Å². The fraction of sp³-hybridized carbons (Fsp3) is 0.727. The van der Waals surface area contributed by atoms with E-state index in [1.807, 2.05) is 0 Å². The Hall–Kier alpha value is -0.790. The minimum atomic E-state index is -0.570.